The molecule has 18 heavy (non-hydrogen) atoms. The molecule has 1 aromatic carbocycles. The standard InChI is InChI=1S/C13H18F3NO/c1-2-7-17-8-4-9-18-12-6-3-5-11(10-12)13(14,15)16/h3,5-6,10,17H,2,4,7-9H2,1H3. The zero-order chi connectivity index (χ0) is 13.4. The molecule has 1 N–H and O–H groups in total. The SMILES string of the molecule is CCCNCCCOc1cccc(C(F)(F)F)c1. The minimum atomic E-state index is -4.32. The molecule has 1 rings (SSSR count). The van der Waals surface area contributed by atoms with Gasteiger partial charge in [-0.2, -0.15) is 13.2 Å². The van der Waals surface area contributed by atoms with Gasteiger partial charge in [0.2, 0.25) is 0 Å². The first-order valence-corrected chi connectivity index (χ1v) is 6.05. The van der Waals surface area contributed by atoms with Crippen LogP contribution in [0.4, 0.5) is 13.2 Å². The molecular formula is C13H18F3NO. The van der Waals surface area contributed by atoms with Crippen LogP contribution in [0.5, 0.6) is 5.75 Å². The largest absolute Gasteiger partial charge is 0.494 e. The van der Waals surface area contributed by atoms with E-state index in [2.05, 4.69) is 12.2 Å². The maximum Gasteiger partial charge on any atom is 0.416 e. The second kappa shape index (κ2) is 7.26. The van der Waals surface area contributed by atoms with Gasteiger partial charge in [-0.25, -0.2) is 0 Å². The summed E-state index contributed by atoms with van der Waals surface area (Å²) in [7, 11) is 0. The zero-order valence-corrected chi connectivity index (χ0v) is 10.4. The Hall–Kier alpha value is -1.23. The lowest BCUT2D eigenvalue weighted by molar-refractivity contribution is -0.137. The molecule has 1 aromatic rings. The Bertz CT molecular complexity index is 352. The van der Waals surface area contributed by atoms with Crippen LogP contribution >= 0.6 is 0 Å². The van der Waals surface area contributed by atoms with Gasteiger partial charge in [0.25, 0.3) is 0 Å². The first-order chi connectivity index (χ1) is 8.54. The summed E-state index contributed by atoms with van der Waals surface area (Å²) in [6, 6.07) is 4.96. The van der Waals surface area contributed by atoms with Crippen LogP contribution in [-0.4, -0.2) is 19.7 Å². The fourth-order valence-corrected chi connectivity index (χ4v) is 1.45. The van der Waals surface area contributed by atoms with Crippen LogP contribution in [0.1, 0.15) is 25.3 Å². The van der Waals surface area contributed by atoms with Crippen molar-refractivity contribution < 1.29 is 17.9 Å². The highest BCUT2D eigenvalue weighted by atomic mass is 19.4. The minimum absolute atomic E-state index is 0.264. The van der Waals surface area contributed by atoms with Gasteiger partial charge in [-0.3, -0.25) is 0 Å². The number of hydrogen-bond donors (Lipinski definition) is 1. The average Bonchev–Trinajstić information content (AvgIpc) is 2.33. The predicted octanol–water partition coefficient (Wildman–Crippen LogP) is 3.47. The first-order valence-electron chi connectivity index (χ1n) is 6.05. The van der Waals surface area contributed by atoms with E-state index in [0.29, 0.717) is 6.61 Å². The Morgan fingerprint density at radius 3 is 2.67 bits per heavy atom. The van der Waals surface area contributed by atoms with E-state index in [0.717, 1.165) is 38.1 Å². The zero-order valence-electron chi connectivity index (χ0n) is 10.4. The summed E-state index contributed by atoms with van der Waals surface area (Å²) in [5.74, 6) is 0.264. The maximum atomic E-state index is 12.4. The fraction of sp³-hybridized carbons (Fsp3) is 0.538. The lowest BCUT2D eigenvalue weighted by Crippen LogP contribution is -2.18. The number of ether oxygens (including phenoxy) is 1. The molecule has 5 heteroatoms. The van der Waals surface area contributed by atoms with Crippen LogP contribution < -0.4 is 10.1 Å². The Morgan fingerprint density at radius 2 is 2.00 bits per heavy atom. The molecule has 0 fully saturated rings. The normalized spacial score (nSPS) is 11.6. The Labute approximate surface area is 105 Å². The molecule has 0 radical (unpaired) electrons. The molecular weight excluding hydrogens is 243 g/mol. The Morgan fingerprint density at radius 1 is 1.22 bits per heavy atom. The molecule has 0 amide bonds. The highest BCUT2D eigenvalue weighted by Crippen LogP contribution is 2.31. The molecule has 102 valence electrons. The average molecular weight is 261 g/mol. The quantitative estimate of drug-likeness (QED) is 0.759. The molecule has 0 atom stereocenters. The number of halogens is 3. The molecule has 0 saturated heterocycles. The molecule has 0 bridgehead atoms. The van der Waals surface area contributed by atoms with Crippen molar-refractivity contribution in [2.45, 2.75) is 25.9 Å². The van der Waals surface area contributed by atoms with Gasteiger partial charge in [0.15, 0.2) is 0 Å². The van der Waals surface area contributed by atoms with Gasteiger partial charge in [-0.05, 0) is 44.1 Å². The second-order valence-electron chi connectivity index (χ2n) is 3.98. The molecule has 2 nitrogen and oxygen atoms in total. The van der Waals surface area contributed by atoms with E-state index in [1.54, 1.807) is 0 Å². The van der Waals surface area contributed by atoms with Crippen LogP contribution in [0.2, 0.25) is 0 Å². The Balaban J connectivity index is 2.34. The van der Waals surface area contributed by atoms with Gasteiger partial charge in [-0.15, -0.1) is 0 Å². The highest BCUT2D eigenvalue weighted by molar-refractivity contribution is 5.30. The van der Waals surface area contributed by atoms with E-state index in [1.807, 2.05) is 0 Å². The molecule has 0 saturated carbocycles. The number of alkyl halides is 3. The first kappa shape index (κ1) is 14.8. The minimum Gasteiger partial charge on any atom is -0.494 e. The third-order valence-electron chi connectivity index (χ3n) is 2.35. The molecule has 0 unspecified atom stereocenters. The summed E-state index contributed by atoms with van der Waals surface area (Å²) in [5, 5.41) is 3.20. The molecule has 0 spiro atoms. The third-order valence-corrected chi connectivity index (χ3v) is 2.35. The molecule has 0 aliphatic carbocycles. The van der Waals surface area contributed by atoms with Crippen molar-refractivity contribution >= 4 is 0 Å². The van der Waals surface area contributed by atoms with Crippen molar-refractivity contribution in [3.05, 3.63) is 29.8 Å². The molecule has 0 aliphatic rings. The van der Waals surface area contributed by atoms with E-state index in [-0.39, 0.29) is 5.75 Å². The van der Waals surface area contributed by atoms with Crippen molar-refractivity contribution in [1.82, 2.24) is 5.32 Å². The highest BCUT2D eigenvalue weighted by Gasteiger charge is 2.30. The smallest absolute Gasteiger partial charge is 0.416 e. The molecule has 0 heterocycles. The molecule has 0 aromatic heterocycles. The fourth-order valence-electron chi connectivity index (χ4n) is 1.45. The topological polar surface area (TPSA) is 21.3 Å². The van der Waals surface area contributed by atoms with Crippen molar-refractivity contribution in [3.63, 3.8) is 0 Å². The van der Waals surface area contributed by atoms with Crippen LogP contribution in [-0.2, 0) is 6.18 Å². The number of rotatable bonds is 7. The summed E-state index contributed by atoms with van der Waals surface area (Å²) in [5.41, 5.74) is -0.677. The maximum absolute atomic E-state index is 12.4. The van der Waals surface area contributed by atoms with Crippen LogP contribution in [0.15, 0.2) is 24.3 Å². The van der Waals surface area contributed by atoms with Gasteiger partial charge in [-0.1, -0.05) is 13.0 Å². The summed E-state index contributed by atoms with van der Waals surface area (Å²) in [4.78, 5) is 0. The summed E-state index contributed by atoms with van der Waals surface area (Å²) in [6.45, 7) is 4.25. The van der Waals surface area contributed by atoms with E-state index in [1.165, 1.54) is 12.1 Å². The van der Waals surface area contributed by atoms with E-state index in [4.69, 9.17) is 4.74 Å². The Kier molecular flexibility index (Phi) is 5.98. The lowest BCUT2D eigenvalue weighted by atomic mass is 10.2. The summed E-state index contributed by atoms with van der Waals surface area (Å²) >= 11 is 0. The van der Waals surface area contributed by atoms with Gasteiger partial charge in [0.1, 0.15) is 5.75 Å². The van der Waals surface area contributed by atoms with Crippen LogP contribution in [0.25, 0.3) is 0 Å². The third kappa shape index (κ3) is 5.40. The number of nitrogens with one attached hydrogen (secondary N) is 1. The summed E-state index contributed by atoms with van der Waals surface area (Å²) in [6.07, 6.45) is -2.48. The van der Waals surface area contributed by atoms with Crippen molar-refractivity contribution in [2.75, 3.05) is 19.7 Å². The van der Waals surface area contributed by atoms with Crippen molar-refractivity contribution in [2.24, 2.45) is 0 Å². The van der Waals surface area contributed by atoms with Gasteiger partial charge in [0.05, 0.1) is 12.2 Å². The predicted molar refractivity (Wildman–Crippen MR) is 64.7 cm³/mol. The molecule has 0 aliphatic heterocycles. The van der Waals surface area contributed by atoms with E-state index >= 15 is 0 Å². The number of hydrogen-bond acceptors (Lipinski definition) is 2. The van der Waals surface area contributed by atoms with Gasteiger partial charge < -0.3 is 10.1 Å². The second-order valence-corrected chi connectivity index (χ2v) is 3.98. The lowest BCUT2D eigenvalue weighted by Gasteiger charge is -2.10. The van der Waals surface area contributed by atoms with Gasteiger partial charge >= 0.3 is 6.18 Å². The number of benzene rings is 1. The van der Waals surface area contributed by atoms with Crippen molar-refractivity contribution in [3.8, 4) is 5.75 Å². The van der Waals surface area contributed by atoms with Gasteiger partial charge in [0, 0.05) is 0 Å². The van der Waals surface area contributed by atoms with Crippen molar-refractivity contribution in [1.29, 1.82) is 0 Å². The van der Waals surface area contributed by atoms with Crippen LogP contribution in [0, 0.1) is 0 Å². The summed E-state index contributed by atoms with van der Waals surface area (Å²) < 4.78 is 42.6. The van der Waals surface area contributed by atoms with Crippen LogP contribution in [0.3, 0.4) is 0 Å². The van der Waals surface area contributed by atoms with E-state index in [9.17, 15) is 13.2 Å². The monoisotopic (exact) mass is 261 g/mol. The van der Waals surface area contributed by atoms with E-state index < -0.39 is 11.7 Å².